The van der Waals surface area contributed by atoms with Crippen molar-refractivity contribution in [2.24, 2.45) is 0 Å². The summed E-state index contributed by atoms with van der Waals surface area (Å²) in [6.07, 6.45) is -4.86. The summed E-state index contributed by atoms with van der Waals surface area (Å²) in [6, 6.07) is 9.12. The summed E-state index contributed by atoms with van der Waals surface area (Å²) in [6.45, 7) is 3.59. The van der Waals surface area contributed by atoms with Crippen molar-refractivity contribution in [1.29, 1.82) is 0 Å². The van der Waals surface area contributed by atoms with E-state index in [0.29, 0.717) is 5.16 Å². The third kappa shape index (κ3) is 6.58. The molecule has 4 rings (SSSR count). The number of benzene rings is 2. The van der Waals surface area contributed by atoms with Gasteiger partial charge in [-0.2, -0.15) is 0 Å². The Hall–Kier alpha value is -4.07. The van der Waals surface area contributed by atoms with E-state index in [9.17, 15) is 26.7 Å². The second-order valence-electron chi connectivity index (χ2n) is 7.64. The van der Waals surface area contributed by atoms with Crippen LogP contribution in [-0.4, -0.2) is 37.2 Å². The van der Waals surface area contributed by atoms with Crippen molar-refractivity contribution in [3.05, 3.63) is 82.9 Å². The molecule has 37 heavy (non-hydrogen) atoms. The van der Waals surface area contributed by atoms with Gasteiger partial charge in [-0.1, -0.05) is 17.0 Å². The Morgan fingerprint density at radius 2 is 1.70 bits per heavy atom. The minimum absolute atomic E-state index is 0.0606. The van der Waals surface area contributed by atoms with E-state index in [1.807, 2.05) is 0 Å². The summed E-state index contributed by atoms with van der Waals surface area (Å²) in [4.78, 5) is 21.6. The van der Waals surface area contributed by atoms with Crippen molar-refractivity contribution in [3.8, 4) is 11.4 Å². The first kappa shape index (κ1) is 26.0. The highest BCUT2D eigenvalue weighted by atomic mass is 32.2. The number of thioether (sulfide) groups is 1. The molecule has 4 aromatic rings. The highest BCUT2D eigenvalue weighted by molar-refractivity contribution is 7.98. The molecule has 1 amide bonds. The monoisotopic (exact) mass is 536 g/mol. The molecule has 0 aliphatic rings. The van der Waals surface area contributed by atoms with Crippen LogP contribution in [0.2, 0.25) is 0 Å². The summed E-state index contributed by atoms with van der Waals surface area (Å²) in [5, 5.41) is 10.5. The normalized spacial score (nSPS) is 11.4. The molecule has 0 unspecified atom stereocenters. The molecule has 0 aliphatic carbocycles. The van der Waals surface area contributed by atoms with Gasteiger partial charge in [0.15, 0.2) is 10.9 Å². The number of hydrogen-bond donors (Lipinski definition) is 1. The molecule has 0 fully saturated rings. The van der Waals surface area contributed by atoms with Crippen LogP contribution in [0.3, 0.4) is 0 Å². The zero-order valence-electron chi connectivity index (χ0n) is 19.2. The quantitative estimate of drug-likeness (QED) is 0.192. The molecule has 0 bridgehead atoms. The minimum atomic E-state index is -4.86. The van der Waals surface area contributed by atoms with Crippen LogP contribution >= 0.6 is 11.8 Å². The van der Waals surface area contributed by atoms with Crippen molar-refractivity contribution < 1.29 is 31.5 Å². The van der Waals surface area contributed by atoms with Gasteiger partial charge in [-0.25, -0.2) is 23.4 Å². The van der Waals surface area contributed by atoms with Crippen LogP contribution in [0.25, 0.3) is 5.69 Å². The summed E-state index contributed by atoms with van der Waals surface area (Å²) >= 11 is 1.16. The molecule has 0 spiro atoms. The summed E-state index contributed by atoms with van der Waals surface area (Å²) in [5.74, 6) is -2.88. The topological polar surface area (TPSA) is 94.8 Å². The van der Waals surface area contributed by atoms with Crippen molar-refractivity contribution in [2.45, 2.75) is 31.1 Å². The lowest BCUT2D eigenvalue weighted by Crippen LogP contribution is -2.17. The SMILES string of the molecule is Cc1cc(C)nc(SCc2c(C(=O)Nc3cc(F)ccc3F)nnn2-c2ccc(OC(F)(F)F)cc2)n1. The van der Waals surface area contributed by atoms with E-state index in [0.717, 1.165) is 53.5 Å². The first-order valence-electron chi connectivity index (χ1n) is 10.5. The summed E-state index contributed by atoms with van der Waals surface area (Å²) in [5.41, 5.74) is 1.32. The maximum absolute atomic E-state index is 14.1. The predicted octanol–water partition coefficient (Wildman–Crippen LogP) is 5.40. The fourth-order valence-corrected chi connectivity index (χ4v) is 4.21. The molecule has 0 saturated carbocycles. The van der Waals surface area contributed by atoms with Gasteiger partial charge in [0.05, 0.1) is 17.1 Å². The lowest BCUT2D eigenvalue weighted by molar-refractivity contribution is -0.274. The van der Waals surface area contributed by atoms with Crippen molar-refractivity contribution in [1.82, 2.24) is 25.0 Å². The Morgan fingerprint density at radius 1 is 1.03 bits per heavy atom. The highest BCUT2D eigenvalue weighted by Gasteiger charge is 2.31. The average Bonchev–Trinajstić information content (AvgIpc) is 3.23. The molecular weight excluding hydrogens is 519 g/mol. The van der Waals surface area contributed by atoms with Gasteiger partial charge in [-0.05, 0) is 56.3 Å². The summed E-state index contributed by atoms with van der Waals surface area (Å²) < 4.78 is 70.3. The second-order valence-corrected chi connectivity index (χ2v) is 8.58. The number of carbonyl (C=O) groups is 1. The molecule has 2 aromatic heterocycles. The van der Waals surface area contributed by atoms with Crippen molar-refractivity contribution in [2.75, 3.05) is 5.32 Å². The predicted molar refractivity (Wildman–Crippen MR) is 123 cm³/mol. The molecule has 0 aliphatic heterocycles. The van der Waals surface area contributed by atoms with Gasteiger partial charge in [-0.3, -0.25) is 4.79 Å². The maximum atomic E-state index is 14.1. The van der Waals surface area contributed by atoms with Gasteiger partial charge < -0.3 is 10.1 Å². The van der Waals surface area contributed by atoms with Gasteiger partial charge in [0.25, 0.3) is 5.91 Å². The third-order valence-electron chi connectivity index (χ3n) is 4.77. The van der Waals surface area contributed by atoms with Gasteiger partial charge in [0.1, 0.15) is 17.4 Å². The van der Waals surface area contributed by atoms with Gasteiger partial charge in [0.2, 0.25) is 0 Å². The molecular formula is C23H17F5N6O2S. The number of halogens is 5. The lowest BCUT2D eigenvalue weighted by atomic mass is 10.2. The number of nitrogens with zero attached hydrogens (tertiary/aromatic N) is 5. The maximum Gasteiger partial charge on any atom is 0.573 e. The fraction of sp³-hybridized carbons (Fsp3) is 0.174. The molecule has 8 nitrogen and oxygen atoms in total. The Morgan fingerprint density at radius 3 is 2.35 bits per heavy atom. The number of rotatable bonds is 7. The Bertz CT molecular complexity index is 1420. The third-order valence-corrected chi connectivity index (χ3v) is 5.63. The van der Waals surface area contributed by atoms with Crippen LogP contribution in [0, 0.1) is 25.5 Å². The van der Waals surface area contributed by atoms with E-state index >= 15 is 0 Å². The first-order chi connectivity index (χ1) is 17.5. The molecule has 2 heterocycles. The van der Waals surface area contributed by atoms with Crippen LogP contribution in [0.1, 0.15) is 27.6 Å². The average molecular weight is 536 g/mol. The molecule has 2 aromatic carbocycles. The molecule has 0 radical (unpaired) electrons. The molecule has 14 heteroatoms. The van der Waals surface area contributed by atoms with Crippen LogP contribution in [0.4, 0.5) is 27.6 Å². The molecule has 0 saturated heterocycles. The minimum Gasteiger partial charge on any atom is -0.406 e. The molecule has 1 N–H and O–H groups in total. The number of carbonyl (C=O) groups excluding carboxylic acids is 1. The van der Waals surface area contributed by atoms with E-state index in [1.165, 1.54) is 16.8 Å². The zero-order chi connectivity index (χ0) is 26.7. The number of aromatic nitrogens is 5. The van der Waals surface area contributed by atoms with Crippen LogP contribution in [-0.2, 0) is 5.75 Å². The number of ether oxygens (including phenoxy) is 1. The van der Waals surface area contributed by atoms with E-state index in [2.05, 4.69) is 30.3 Å². The van der Waals surface area contributed by atoms with E-state index in [-0.39, 0.29) is 22.8 Å². The number of nitrogens with one attached hydrogen (secondary N) is 1. The number of aryl methyl sites for hydroxylation is 2. The Balaban J connectivity index is 1.68. The Labute approximate surface area is 210 Å². The van der Waals surface area contributed by atoms with Crippen LogP contribution in [0.15, 0.2) is 53.7 Å². The van der Waals surface area contributed by atoms with Gasteiger partial charge >= 0.3 is 6.36 Å². The smallest absolute Gasteiger partial charge is 0.406 e. The van der Waals surface area contributed by atoms with E-state index in [1.54, 1.807) is 19.9 Å². The van der Waals surface area contributed by atoms with Gasteiger partial charge in [0, 0.05) is 23.2 Å². The zero-order valence-corrected chi connectivity index (χ0v) is 20.0. The standard InChI is InChI=1S/C23H17F5N6O2S/c1-12-9-13(2)30-22(29-12)37-11-19-20(21(35)31-18-10-14(24)3-8-17(18)25)32-33-34(19)15-4-6-16(7-5-15)36-23(26,27)28/h3-10H,11H2,1-2H3,(H,31,35). The number of hydrogen-bond acceptors (Lipinski definition) is 7. The largest absolute Gasteiger partial charge is 0.573 e. The molecule has 0 atom stereocenters. The van der Waals surface area contributed by atoms with E-state index < -0.39 is 35.3 Å². The van der Waals surface area contributed by atoms with Crippen molar-refractivity contribution in [3.63, 3.8) is 0 Å². The fourth-order valence-electron chi connectivity index (χ4n) is 3.27. The number of anilines is 1. The van der Waals surface area contributed by atoms with E-state index in [4.69, 9.17) is 0 Å². The second kappa shape index (κ2) is 10.5. The molecule has 192 valence electrons. The summed E-state index contributed by atoms with van der Waals surface area (Å²) in [7, 11) is 0. The van der Waals surface area contributed by atoms with Gasteiger partial charge in [-0.15, -0.1) is 18.3 Å². The first-order valence-corrected chi connectivity index (χ1v) is 11.5. The van der Waals surface area contributed by atoms with Crippen LogP contribution in [0.5, 0.6) is 5.75 Å². The van der Waals surface area contributed by atoms with Crippen molar-refractivity contribution >= 4 is 23.4 Å². The number of alkyl halides is 3. The van der Waals surface area contributed by atoms with Crippen LogP contribution < -0.4 is 10.1 Å². The number of amides is 1. The highest BCUT2D eigenvalue weighted by Crippen LogP contribution is 2.27. The Kier molecular flexibility index (Phi) is 7.38. The lowest BCUT2D eigenvalue weighted by Gasteiger charge is -2.11.